The minimum atomic E-state index is 0.164. The van der Waals surface area contributed by atoms with Crippen molar-refractivity contribution in [3.63, 3.8) is 0 Å². The first-order chi connectivity index (χ1) is 8.65. The van der Waals surface area contributed by atoms with Crippen LogP contribution in [0.2, 0.25) is 10.3 Å². The molecular weight excluding hydrogens is 271 g/mol. The summed E-state index contributed by atoms with van der Waals surface area (Å²) >= 11 is 11.9. The Balaban J connectivity index is 2.31. The second-order valence-electron chi connectivity index (χ2n) is 3.91. The molecule has 0 bridgehead atoms. The lowest BCUT2D eigenvalue weighted by atomic mass is 10.3. The van der Waals surface area contributed by atoms with Gasteiger partial charge in [0.15, 0.2) is 0 Å². The Morgan fingerprint density at radius 3 is 2.78 bits per heavy atom. The van der Waals surface area contributed by atoms with Crippen LogP contribution in [0.5, 0.6) is 0 Å². The minimum absolute atomic E-state index is 0.164. The number of fused-ring (bicyclic) bond motifs is 1. The fourth-order valence-corrected chi connectivity index (χ4v) is 2.11. The van der Waals surface area contributed by atoms with E-state index < -0.39 is 0 Å². The van der Waals surface area contributed by atoms with Gasteiger partial charge in [0.05, 0.1) is 23.1 Å². The number of nitrogens with zero attached hydrogens (tertiary/aromatic N) is 4. The van der Waals surface area contributed by atoms with Gasteiger partial charge in [0.25, 0.3) is 0 Å². The summed E-state index contributed by atoms with van der Waals surface area (Å²) in [5.74, 6) is 0. The normalized spacial score (nSPS) is 11.1. The van der Waals surface area contributed by atoms with Gasteiger partial charge in [-0.1, -0.05) is 17.7 Å². The summed E-state index contributed by atoms with van der Waals surface area (Å²) in [4.78, 5) is 12.3. The number of halogens is 2. The van der Waals surface area contributed by atoms with Crippen molar-refractivity contribution in [2.45, 2.75) is 6.92 Å². The van der Waals surface area contributed by atoms with Crippen molar-refractivity contribution in [3.05, 3.63) is 46.6 Å². The van der Waals surface area contributed by atoms with E-state index in [1.54, 1.807) is 6.20 Å². The predicted octanol–water partition coefficient (Wildman–Crippen LogP) is 3.41. The third-order valence-electron chi connectivity index (χ3n) is 2.61. The molecule has 18 heavy (non-hydrogen) atoms. The lowest BCUT2D eigenvalue weighted by Gasteiger charge is -2.04. The Morgan fingerprint density at radius 1 is 1.11 bits per heavy atom. The first-order valence-corrected chi connectivity index (χ1v) is 6.03. The number of aromatic nitrogens is 4. The van der Waals surface area contributed by atoms with Gasteiger partial charge < -0.3 is 0 Å². The Bertz CT molecular complexity index is 736. The lowest BCUT2D eigenvalue weighted by Crippen LogP contribution is -1.94. The standard InChI is InChI=1S/C12H8Cl2N4/c1-7-2-3-10-15-5-9(18(10)6-7)11-8(13)4-16-12(14)17-11/h2-6H,1H3. The zero-order valence-electron chi connectivity index (χ0n) is 9.43. The summed E-state index contributed by atoms with van der Waals surface area (Å²) in [5, 5.41) is 0.611. The van der Waals surface area contributed by atoms with Crippen LogP contribution in [0.3, 0.4) is 0 Å². The smallest absolute Gasteiger partial charge is 0.223 e. The monoisotopic (exact) mass is 278 g/mol. The van der Waals surface area contributed by atoms with E-state index in [1.165, 1.54) is 6.20 Å². The van der Waals surface area contributed by atoms with Crippen molar-refractivity contribution in [3.8, 4) is 11.4 Å². The molecule has 0 N–H and O–H groups in total. The predicted molar refractivity (Wildman–Crippen MR) is 71.0 cm³/mol. The molecule has 3 aromatic heterocycles. The maximum atomic E-state index is 6.10. The third-order valence-corrected chi connectivity index (χ3v) is 3.07. The summed E-state index contributed by atoms with van der Waals surface area (Å²) in [7, 11) is 0. The molecule has 0 spiro atoms. The van der Waals surface area contributed by atoms with E-state index in [0.717, 1.165) is 16.9 Å². The molecule has 3 aromatic rings. The van der Waals surface area contributed by atoms with Gasteiger partial charge in [0.2, 0.25) is 5.28 Å². The summed E-state index contributed by atoms with van der Waals surface area (Å²) in [6, 6.07) is 3.94. The molecule has 3 heterocycles. The SMILES string of the molecule is Cc1ccc2ncc(-c3nc(Cl)ncc3Cl)n2c1. The highest BCUT2D eigenvalue weighted by Gasteiger charge is 2.12. The second-order valence-corrected chi connectivity index (χ2v) is 4.66. The number of aryl methyl sites for hydroxylation is 1. The van der Waals surface area contributed by atoms with Crippen molar-refractivity contribution in [2.24, 2.45) is 0 Å². The van der Waals surface area contributed by atoms with Gasteiger partial charge in [0, 0.05) is 6.20 Å². The number of hydrogen-bond acceptors (Lipinski definition) is 3. The van der Waals surface area contributed by atoms with Crippen LogP contribution in [-0.2, 0) is 0 Å². The first-order valence-electron chi connectivity index (χ1n) is 5.27. The molecular formula is C12H8Cl2N4. The second kappa shape index (κ2) is 4.23. The Labute approximate surface area is 113 Å². The maximum Gasteiger partial charge on any atom is 0.223 e. The molecule has 0 unspecified atom stereocenters. The average Bonchev–Trinajstić information content (AvgIpc) is 2.75. The van der Waals surface area contributed by atoms with Crippen molar-refractivity contribution >= 4 is 28.8 Å². The van der Waals surface area contributed by atoms with Crippen molar-refractivity contribution in [1.82, 2.24) is 19.4 Å². The molecule has 0 saturated carbocycles. The maximum absolute atomic E-state index is 6.10. The Kier molecular flexibility index (Phi) is 2.69. The lowest BCUT2D eigenvalue weighted by molar-refractivity contribution is 1.11. The van der Waals surface area contributed by atoms with E-state index >= 15 is 0 Å². The number of hydrogen-bond donors (Lipinski definition) is 0. The molecule has 0 fully saturated rings. The van der Waals surface area contributed by atoms with Crippen LogP contribution in [0.25, 0.3) is 17.0 Å². The molecule has 3 rings (SSSR count). The number of pyridine rings is 1. The molecule has 0 atom stereocenters. The molecule has 0 aromatic carbocycles. The molecule has 0 aliphatic rings. The molecule has 0 amide bonds. The Morgan fingerprint density at radius 2 is 1.94 bits per heavy atom. The van der Waals surface area contributed by atoms with Crippen LogP contribution in [0, 0.1) is 6.92 Å². The zero-order chi connectivity index (χ0) is 12.7. The van der Waals surface area contributed by atoms with Crippen molar-refractivity contribution < 1.29 is 0 Å². The van der Waals surface area contributed by atoms with Crippen LogP contribution >= 0.6 is 23.2 Å². The van der Waals surface area contributed by atoms with Gasteiger partial charge in [-0.15, -0.1) is 0 Å². The largest absolute Gasteiger partial charge is 0.298 e. The molecule has 0 radical (unpaired) electrons. The summed E-state index contributed by atoms with van der Waals surface area (Å²) < 4.78 is 1.93. The van der Waals surface area contributed by atoms with E-state index in [0.29, 0.717) is 10.7 Å². The van der Waals surface area contributed by atoms with E-state index in [2.05, 4.69) is 15.0 Å². The average molecular weight is 279 g/mol. The molecule has 0 aliphatic carbocycles. The van der Waals surface area contributed by atoms with Crippen LogP contribution in [0.1, 0.15) is 5.56 Å². The van der Waals surface area contributed by atoms with E-state index in [1.807, 2.05) is 29.7 Å². The van der Waals surface area contributed by atoms with E-state index in [-0.39, 0.29) is 5.28 Å². The summed E-state index contributed by atoms with van der Waals surface area (Å²) in [6.07, 6.45) is 5.19. The van der Waals surface area contributed by atoms with Crippen LogP contribution in [0.4, 0.5) is 0 Å². The first kappa shape index (κ1) is 11.4. The van der Waals surface area contributed by atoms with E-state index in [9.17, 15) is 0 Å². The molecule has 0 saturated heterocycles. The quantitative estimate of drug-likeness (QED) is 0.641. The highest BCUT2D eigenvalue weighted by Crippen LogP contribution is 2.27. The third kappa shape index (κ3) is 1.83. The van der Waals surface area contributed by atoms with Crippen molar-refractivity contribution in [2.75, 3.05) is 0 Å². The fraction of sp³-hybridized carbons (Fsp3) is 0.0833. The Hall–Kier alpha value is -1.65. The van der Waals surface area contributed by atoms with Gasteiger partial charge >= 0.3 is 0 Å². The van der Waals surface area contributed by atoms with Crippen LogP contribution in [0.15, 0.2) is 30.7 Å². The van der Waals surface area contributed by atoms with Crippen LogP contribution in [-0.4, -0.2) is 19.4 Å². The number of imidazole rings is 1. The number of rotatable bonds is 1. The van der Waals surface area contributed by atoms with Gasteiger partial charge in [-0.05, 0) is 30.2 Å². The zero-order valence-corrected chi connectivity index (χ0v) is 10.9. The molecule has 6 heteroatoms. The molecule has 0 aliphatic heterocycles. The highest BCUT2D eigenvalue weighted by atomic mass is 35.5. The van der Waals surface area contributed by atoms with Crippen LogP contribution < -0.4 is 0 Å². The van der Waals surface area contributed by atoms with Gasteiger partial charge in [-0.25, -0.2) is 15.0 Å². The highest BCUT2D eigenvalue weighted by molar-refractivity contribution is 6.33. The summed E-state index contributed by atoms with van der Waals surface area (Å²) in [6.45, 7) is 2.01. The molecule has 4 nitrogen and oxygen atoms in total. The molecule has 90 valence electrons. The topological polar surface area (TPSA) is 43.1 Å². The van der Waals surface area contributed by atoms with Gasteiger partial charge in [-0.3, -0.25) is 4.40 Å². The van der Waals surface area contributed by atoms with E-state index in [4.69, 9.17) is 23.2 Å². The van der Waals surface area contributed by atoms with Gasteiger partial charge in [0.1, 0.15) is 11.3 Å². The van der Waals surface area contributed by atoms with Crippen molar-refractivity contribution in [1.29, 1.82) is 0 Å². The minimum Gasteiger partial charge on any atom is -0.298 e. The van der Waals surface area contributed by atoms with Gasteiger partial charge in [-0.2, -0.15) is 0 Å². The fourth-order valence-electron chi connectivity index (χ4n) is 1.79. The summed E-state index contributed by atoms with van der Waals surface area (Å²) in [5.41, 5.74) is 3.33.